The Kier molecular flexibility index (Phi) is 4.12. The van der Waals surface area contributed by atoms with Gasteiger partial charge in [0.1, 0.15) is 0 Å². The van der Waals surface area contributed by atoms with Crippen LogP contribution in [0.5, 0.6) is 0 Å². The SMILES string of the molecule is Cc1cccc(C(=O)NC(C)c2ccc(Cl)s2)c1N. The molecule has 0 bridgehead atoms. The summed E-state index contributed by atoms with van der Waals surface area (Å²) in [7, 11) is 0. The fourth-order valence-corrected chi connectivity index (χ4v) is 2.85. The monoisotopic (exact) mass is 294 g/mol. The van der Waals surface area contributed by atoms with Gasteiger partial charge in [0.15, 0.2) is 0 Å². The normalized spacial score (nSPS) is 12.2. The largest absolute Gasteiger partial charge is 0.398 e. The van der Waals surface area contributed by atoms with E-state index >= 15 is 0 Å². The molecule has 3 nitrogen and oxygen atoms in total. The molecule has 1 heterocycles. The summed E-state index contributed by atoms with van der Waals surface area (Å²) in [5, 5.41) is 2.93. The van der Waals surface area contributed by atoms with Gasteiger partial charge < -0.3 is 11.1 Å². The number of hydrogen-bond donors (Lipinski definition) is 2. The number of benzene rings is 1. The van der Waals surface area contributed by atoms with E-state index in [1.165, 1.54) is 11.3 Å². The van der Waals surface area contributed by atoms with Crippen molar-refractivity contribution in [1.29, 1.82) is 0 Å². The Balaban J connectivity index is 2.15. The van der Waals surface area contributed by atoms with Gasteiger partial charge >= 0.3 is 0 Å². The topological polar surface area (TPSA) is 55.1 Å². The molecule has 2 aromatic rings. The van der Waals surface area contributed by atoms with Gasteiger partial charge in [-0.15, -0.1) is 11.3 Å². The molecule has 0 aliphatic rings. The number of halogens is 1. The molecule has 1 aromatic carbocycles. The first-order valence-corrected chi connectivity index (χ1v) is 7.09. The number of rotatable bonds is 3. The van der Waals surface area contributed by atoms with Crippen molar-refractivity contribution in [3.8, 4) is 0 Å². The highest BCUT2D eigenvalue weighted by Crippen LogP contribution is 2.27. The van der Waals surface area contributed by atoms with Crippen LogP contribution >= 0.6 is 22.9 Å². The minimum absolute atomic E-state index is 0.0927. The zero-order valence-corrected chi connectivity index (χ0v) is 12.3. The number of carbonyl (C=O) groups excluding carboxylic acids is 1. The third kappa shape index (κ3) is 3.08. The smallest absolute Gasteiger partial charge is 0.253 e. The first-order chi connectivity index (χ1) is 8.99. The summed E-state index contributed by atoms with van der Waals surface area (Å²) in [6.07, 6.45) is 0. The van der Waals surface area contributed by atoms with Crippen LogP contribution in [0.4, 0.5) is 5.69 Å². The number of amides is 1. The second kappa shape index (κ2) is 5.63. The van der Waals surface area contributed by atoms with E-state index in [0.717, 1.165) is 10.4 Å². The number of para-hydroxylation sites is 1. The highest BCUT2D eigenvalue weighted by atomic mass is 35.5. The van der Waals surface area contributed by atoms with Gasteiger partial charge in [-0.3, -0.25) is 4.79 Å². The second-order valence-corrected chi connectivity index (χ2v) is 6.12. The van der Waals surface area contributed by atoms with Crippen LogP contribution in [-0.2, 0) is 0 Å². The van der Waals surface area contributed by atoms with Crippen molar-refractivity contribution in [3.05, 3.63) is 50.7 Å². The fourth-order valence-electron chi connectivity index (χ4n) is 1.79. The van der Waals surface area contributed by atoms with Crippen LogP contribution < -0.4 is 11.1 Å². The standard InChI is InChI=1S/C14H15ClN2OS/c1-8-4-3-5-10(13(8)16)14(18)17-9(2)11-6-7-12(15)19-11/h3-7,9H,16H2,1-2H3,(H,17,18). The zero-order valence-electron chi connectivity index (χ0n) is 10.7. The number of thiophene rings is 1. The van der Waals surface area contributed by atoms with E-state index in [0.29, 0.717) is 15.6 Å². The summed E-state index contributed by atoms with van der Waals surface area (Å²) in [4.78, 5) is 13.2. The van der Waals surface area contributed by atoms with Crippen molar-refractivity contribution in [3.63, 3.8) is 0 Å². The summed E-state index contributed by atoms with van der Waals surface area (Å²) < 4.78 is 0.714. The molecule has 19 heavy (non-hydrogen) atoms. The van der Waals surface area contributed by atoms with E-state index in [1.54, 1.807) is 6.07 Å². The molecule has 0 saturated heterocycles. The number of nitrogen functional groups attached to an aromatic ring is 1. The van der Waals surface area contributed by atoms with Gasteiger partial charge in [0.05, 0.1) is 15.9 Å². The molecule has 0 radical (unpaired) electrons. The molecule has 0 fully saturated rings. The molecule has 5 heteroatoms. The summed E-state index contributed by atoms with van der Waals surface area (Å²) >= 11 is 7.35. The average Bonchev–Trinajstić information content (AvgIpc) is 2.79. The third-order valence-electron chi connectivity index (χ3n) is 2.94. The van der Waals surface area contributed by atoms with Crippen molar-refractivity contribution in [1.82, 2.24) is 5.32 Å². The van der Waals surface area contributed by atoms with Gasteiger partial charge in [-0.1, -0.05) is 23.7 Å². The van der Waals surface area contributed by atoms with Gasteiger partial charge in [0.25, 0.3) is 5.91 Å². The van der Waals surface area contributed by atoms with E-state index in [9.17, 15) is 4.79 Å². The lowest BCUT2D eigenvalue weighted by molar-refractivity contribution is 0.0941. The van der Waals surface area contributed by atoms with E-state index in [1.807, 2.05) is 38.1 Å². The van der Waals surface area contributed by atoms with Crippen molar-refractivity contribution >= 4 is 34.5 Å². The number of anilines is 1. The minimum Gasteiger partial charge on any atom is -0.398 e. The van der Waals surface area contributed by atoms with E-state index in [-0.39, 0.29) is 11.9 Å². The average molecular weight is 295 g/mol. The summed E-state index contributed by atoms with van der Waals surface area (Å²) in [5.41, 5.74) is 7.86. The number of hydrogen-bond acceptors (Lipinski definition) is 3. The molecule has 2 rings (SSSR count). The first kappa shape index (κ1) is 13.9. The first-order valence-electron chi connectivity index (χ1n) is 5.90. The third-order valence-corrected chi connectivity index (χ3v) is 4.35. The Hall–Kier alpha value is -1.52. The van der Waals surface area contributed by atoms with Crippen LogP contribution in [0.2, 0.25) is 4.34 Å². The number of nitrogens with one attached hydrogen (secondary N) is 1. The summed E-state index contributed by atoms with van der Waals surface area (Å²) in [6, 6.07) is 9.08. The van der Waals surface area contributed by atoms with Crippen LogP contribution in [0.15, 0.2) is 30.3 Å². The van der Waals surface area contributed by atoms with E-state index < -0.39 is 0 Å². The Labute approximate surface area is 121 Å². The Morgan fingerprint density at radius 3 is 2.74 bits per heavy atom. The highest BCUT2D eigenvalue weighted by Gasteiger charge is 2.15. The summed E-state index contributed by atoms with van der Waals surface area (Å²) in [5.74, 6) is -0.168. The molecule has 0 spiro atoms. The molecular formula is C14H15ClN2OS. The Morgan fingerprint density at radius 1 is 1.37 bits per heavy atom. The fraction of sp³-hybridized carbons (Fsp3) is 0.214. The van der Waals surface area contributed by atoms with Crippen molar-refractivity contribution in [2.45, 2.75) is 19.9 Å². The predicted molar refractivity (Wildman–Crippen MR) is 80.8 cm³/mol. The molecule has 1 amide bonds. The van der Waals surface area contributed by atoms with Gasteiger partial charge in [-0.2, -0.15) is 0 Å². The maximum Gasteiger partial charge on any atom is 0.253 e. The number of aryl methyl sites for hydroxylation is 1. The molecule has 1 aromatic heterocycles. The highest BCUT2D eigenvalue weighted by molar-refractivity contribution is 7.16. The molecule has 0 aliphatic heterocycles. The van der Waals surface area contributed by atoms with E-state index in [4.69, 9.17) is 17.3 Å². The Morgan fingerprint density at radius 2 is 2.11 bits per heavy atom. The quantitative estimate of drug-likeness (QED) is 0.846. The summed E-state index contributed by atoms with van der Waals surface area (Å²) in [6.45, 7) is 3.81. The molecule has 3 N–H and O–H groups in total. The zero-order chi connectivity index (χ0) is 14.0. The van der Waals surface area contributed by atoms with Crippen molar-refractivity contribution in [2.24, 2.45) is 0 Å². The lowest BCUT2D eigenvalue weighted by Crippen LogP contribution is -2.27. The number of nitrogens with two attached hydrogens (primary N) is 1. The minimum atomic E-state index is -0.168. The van der Waals surface area contributed by atoms with Crippen LogP contribution in [0.25, 0.3) is 0 Å². The molecule has 100 valence electrons. The van der Waals surface area contributed by atoms with Crippen molar-refractivity contribution in [2.75, 3.05) is 5.73 Å². The molecule has 1 unspecified atom stereocenters. The van der Waals surface area contributed by atoms with Crippen LogP contribution in [0, 0.1) is 6.92 Å². The molecule has 1 atom stereocenters. The van der Waals surface area contributed by atoms with Gasteiger partial charge in [0, 0.05) is 10.6 Å². The van der Waals surface area contributed by atoms with Crippen molar-refractivity contribution < 1.29 is 4.79 Å². The molecule has 0 saturated carbocycles. The lowest BCUT2D eigenvalue weighted by Gasteiger charge is -2.14. The predicted octanol–water partition coefficient (Wildman–Crippen LogP) is 3.78. The molecule has 0 aliphatic carbocycles. The van der Waals surface area contributed by atoms with Crippen LogP contribution in [-0.4, -0.2) is 5.91 Å². The van der Waals surface area contributed by atoms with Crippen LogP contribution in [0.1, 0.15) is 33.8 Å². The van der Waals surface area contributed by atoms with E-state index in [2.05, 4.69) is 5.32 Å². The maximum atomic E-state index is 12.2. The number of carbonyl (C=O) groups is 1. The van der Waals surface area contributed by atoms with Gasteiger partial charge in [0.2, 0.25) is 0 Å². The van der Waals surface area contributed by atoms with Crippen LogP contribution in [0.3, 0.4) is 0 Å². The Bertz CT molecular complexity index is 609. The lowest BCUT2D eigenvalue weighted by atomic mass is 10.1. The van der Waals surface area contributed by atoms with Gasteiger partial charge in [-0.25, -0.2) is 0 Å². The van der Waals surface area contributed by atoms with Gasteiger partial charge in [-0.05, 0) is 37.6 Å². The maximum absolute atomic E-state index is 12.2. The molecular weight excluding hydrogens is 280 g/mol. The second-order valence-electron chi connectivity index (χ2n) is 4.37.